The zero-order valence-corrected chi connectivity index (χ0v) is 16.4. The topological polar surface area (TPSA) is 58.4 Å². The molecule has 6 nitrogen and oxygen atoms in total. The van der Waals surface area contributed by atoms with E-state index in [1.54, 1.807) is 30.1 Å². The maximum absolute atomic E-state index is 13.2. The van der Waals surface area contributed by atoms with Gasteiger partial charge in [-0.1, -0.05) is 20.8 Å². The average Bonchev–Trinajstić information content (AvgIpc) is 2.99. The summed E-state index contributed by atoms with van der Waals surface area (Å²) in [5, 5.41) is 4.38. The van der Waals surface area contributed by atoms with Crippen molar-refractivity contribution >= 4 is 15.7 Å². The Labute approximate surface area is 154 Å². The molecule has 0 saturated carbocycles. The monoisotopic (exact) mass is 380 g/mol. The summed E-state index contributed by atoms with van der Waals surface area (Å²) < 4.78 is 42.5. The standard InChI is InChI=1S/C18H25FN4O2S/c1-18(2,3)17-16(13-21(4)20-17)26(24,25)23-11-9-22(10-12-23)15-7-5-14(19)6-8-15/h5-8,13H,9-12H2,1-4H3. The van der Waals surface area contributed by atoms with Crippen LogP contribution in [0.4, 0.5) is 10.1 Å². The summed E-state index contributed by atoms with van der Waals surface area (Å²) in [4.78, 5) is 2.35. The van der Waals surface area contributed by atoms with Crippen LogP contribution in [-0.4, -0.2) is 48.7 Å². The Kier molecular flexibility index (Phi) is 4.83. The van der Waals surface area contributed by atoms with Crippen molar-refractivity contribution in [2.45, 2.75) is 31.1 Å². The predicted molar refractivity (Wildman–Crippen MR) is 99.3 cm³/mol. The Morgan fingerprint density at radius 3 is 2.15 bits per heavy atom. The van der Waals surface area contributed by atoms with Gasteiger partial charge in [0, 0.05) is 50.5 Å². The number of hydrogen-bond acceptors (Lipinski definition) is 4. The number of hydrogen-bond donors (Lipinski definition) is 0. The third-order valence-electron chi connectivity index (χ3n) is 4.55. The van der Waals surface area contributed by atoms with Gasteiger partial charge >= 0.3 is 0 Å². The van der Waals surface area contributed by atoms with Crippen molar-refractivity contribution in [3.8, 4) is 0 Å². The van der Waals surface area contributed by atoms with Crippen LogP contribution in [0.3, 0.4) is 0 Å². The Morgan fingerprint density at radius 2 is 1.62 bits per heavy atom. The van der Waals surface area contributed by atoms with Gasteiger partial charge in [-0.2, -0.15) is 9.40 Å². The van der Waals surface area contributed by atoms with E-state index in [1.807, 2.05) is 20.8 Å². The molecule has 0 N–H and O–H groups in total. The summed E-state index contributed by atoms with van der Waals surface area (Å²) in [7, 11) is -1.87. The Bertz CT molecular complexity index is 877. The van der Waals surface area contributed by atoms with E-state index < -0.39 is 10.0 Å². The second kappa shape index (κ2) is 6.66. The van der Waals surface area contributed by atoms with Crippen molar-refractivity contribution in [1.82, 2.24) is 14.1 Å². The molecule has 8 heteroatoms. The maximum atomic E-state index is 13.2. The van der Waals surface area contributed by atoms with Crippen LogP contribution < -0.4 is 4.90 Å². The number of rotatable bonds is 3. The summed E-state index contributed by atoms with van der Waals surface area (Å²) in [6, 6.07) is 6.28. The summed E-state index contributed by atoms with van der Waals surface area (Å²) >= 11 is 0. The lowest BCUT2D eigenvalue weighted by atomic mass is 9.92. The quantitative estimate of drug-likeness (QED) is 0.820. The number of benzene rings is 1. The van der Waals surface area contributed by atoms with Gasteiger partial charge in [-0.3, -0.25) is 4.68 Å². The molecule has 142 valence electrons. The van der Waals surface area contributed by atoms with Crippen molar-refractivity contribution < 1.29 is 12.8 Å². The van der Waals surface area contributed by atoms with Gasteiger partial charge in [0.2, 0.25) is 10.0 Å². The van der Waals surface area contributed by atoms with E-state index in [9.17, 15) is 12.8 Å². The molecule has 1 aromatic heterocycles. The molecule has 0 aliphatic carbocycles. The van der Waals surface area contributed by atoms with Crippen molar-refractivity contribution in [2.24, 2.45) is 7.05 Å². The molecule has 1 aromatic carbocycles. The van der Waals surface area contributed by atoms with Crippen molar-refractivity contribution in [3.63, 3.8) is 0 Å². The van der Waals surface area contributed by atoms with Crippen LogP contribution >= 0.6 is 0 Å². The molecule has 0 amide bonds. The molecule has 0 unspecified atom stereocenters. The number of nitrogens with zero attached hydrogens (tertiary/aromatic N) is 4. The van der Waals surface area contributed by atoms with E-state index in [2.05, 4.69) is 10.00 Å². The van der Waals surface area contributed by atoms with Gasteiger partial charge in [-0.05, 0) is 24.3 Å². The zero-order valence-electron chi connectivity index (χ0n) is 15.6. The van der Waals surface area contributed by atoms with Crippen LogP contribution in [0.15, 0.2) is 35.4 Å². The lowest BCUT2D eigenvalue weighted by Gasteiger charge is -2.35. The van der Waals surface area contributed by atoms with E-state index in [1.165, 1.54) is 16.4 Å². The van der Waals surface area contributed by atoms with Crippen LogP contribution in [0.2, 0.25) is 0 Å². The summed E-state index contributed by atoms with van der Waals surface area (Å²) in [6.07, 6.45) is 1.59. The minimum Gasteiger partial charge on any atom is -0.369 e. The van der Waals surface area contributed by atoms with Crippen molar-refractivity contribution in [2.75, 3.05) is 31.1 Å². The first-order valence-corrected chi connectivity index (χ1v) is 10.1. The molecule has 0 bridgehead atoms. The second-order valence-corrected chi connectivity index (χ2v) is 9.54. The predicted octanol–water partition coefficient (Wildman–Crippen LogP) is 2.37. The fourth-order valence-electron chi connectivity index (χ4n) is 3.15. The third-order valence-corrected chi connectivity index (χ3v) is 6.45. The van der Waals surface area contributed by atoms with Crippen LogP contribution in [0.25, 0.3) is 0 Å². The first-order chi connectivity index (χ1) is 12.1. The molecule has 1 aliphatic rings. The van der Waals surface area contributed by atoms with Gasteiger partial charge in [-0.25, -0.2) is 12.8 Å². The molecule has 0 radical (unpaired) electrons. The van der Waals surface area contributed by atoms with Crippen LogP contribution in [-0.2, 0) is 22.5 Å². The second-order valence-electron chi connectivity index (χ2n) is 7.63. The molecule has 3 rings (SSSR count). The highest BCUT2D eigenvalue weighted by Crippen LogP contribution is 2.30. The minimum absolute atomic E-state index is 0.277. The van der Waals surface area contributed by atoms with Gasteiger partial charge in [0.25, 0.3) is 0 Å². The molecule has 1 saturated heterocycles. The number of aromatic nitrogens is 2. The number of halogens is 1. The van der Waals surface area contributed by atoms with Gasteiger partial charge < -0.3 is 4.90 Å². The Morgan fingerprint density at radius 1 is 1.04 bits per heavy atom. The van der Waals surface area contributed by atoms with Gasteiger partial charge in [0.15, 0.2) is 0 Å². The van der Waals surface area contributed by atoms with Crippen molar-refractivity contribution in [3.05, 3.63) is 42.0 Å². The smallest absolute Gasteiger partial charge is 0.246 e. The highest BCUT2D eigenvalue weighted by molar-refractivity contribution is 7.89. The number of piperazine rings is 1. The molecule has 1 aliphatic heterocycles. The van der Waals surface area contributed by atoms with E-state index in [0.717, 1.165) is 5.69 Å². The summed E-state index contributed by atoms with van der Waals surface area (Å²) in [6.45, 7) is 7.78. The molecule has 1 fully saturated rings. The number of aryl methyl sites for hydroxylation is 1. The highest BCUT2D eigenvalue weighted by atomic mass is 32.2. The van der Waals surface area contributed by atoms with Crippen LogP contribution in [0.5, 0.6) is 0 Å². The van der Waals surface area contributed by atoms with Crippen LogP contribution in [0, 0.1) is 5.82 Å². The van der Waals surface area contributed by atoms with E-state index >= 15 is 0 Å². The molecular weight excluding hydrogens is 355 g/mol. The largest absolute Gasteiger partial charge is 0.369 e. The van der Waals surface area contributed by atoms with E-state index in [0.29, 0.717) is 31.9 Å². The average molecular weight is 380 g/mol. The minimum atomic E-state index is -3.60. The van der Waals surface area contributed by atoms with Crippen molar-refractivity contribution in [1.29, 1.82) is 0 Å². The van der Waals surface area contributed by atoms with Crippen LogP contribution in [0.1, 0.15) is 26.5 Å². The van der Waals surface area contributed by atoms with Gasteiger partial charge in [-0.15, -0.1) is 0 Å². The Balaban J connectivity index is 1.80. The molecule has 2 heterocycles. The SMILES string of the molecule is Cn1cc(S(=O)(=O)N2CCN(c3ccc(F)cc3)CC2)c(C(C)(C)C)n1. The number of anilines is 1. The van der Waals surface area contributed by atoms with Gasteiger partial charge in [0.1, 0.15) is 10.7 Å². The van der Waals surface area contributed by atoms with E-state index in [-0.39, 0.29) is 16.1 Å². The molecule has 0 spiro atoms. The lowest BCUT2D eigenvalue weighted by molar-refractivity contribution is 0.383. The molecule has 2 aromatic rings. The number of sulfonamides is 1. The fraction of sp³-hybridized carbons (Fsp3) is 0.500. The first kappa shape index (κ1) is 18.8. The summed E-state index contributed by atoms with van der Waals surface area (Å²) in [5.41, 5.74) is 1.13. The summed E-state index contributed by atoms with van der Waals surface area (Å²) in [5.74, 6) is -0.277. The first-order valence-electron chi connectivity index (χ1n) is 8.64. The Hall–Kier alpha value is -1.93. The molecule has 0 atom stereocenters. The normalized spacial score (nSPS) is 16.9. The van der Waals surface area contributed by atoms with E-state index in [4.69, 9.17) is 0 Å². The third kappa shape index (κ3) is 3.61. The highest BCUT2D eigenvalue weighted by Gasteiger charge is 2.35. The lowest BCUT2D eigenvalue weighted by Crippen LogP contribution is -2.48. The maximum Gasteiger partial charge on any atom is 0.246 e. The van der Waals surface area contributed by atoms with Gasteiger partial charge in [0.05, 0.1) is 5.69 Å². The molecular formula is C18H25FN4O2S. The fourth-order valence-corrected chi connectivity index (χ4v) is 4.95. The zero-order chi connectivity index (χ0) is 19.1. The molecule has 26 heavy (non-hydrogen) atoms.